The predicted molar refractivity (Wildman–Crippen MR) is 34.7 cm³/mol. The Morgan fingerprint density at radius 3 is 1.22 bits per heavy atom. The molecule has 0 heterocycles. The van der Waals surface area contributed by atoms with Crippen molar-refractivity contribution >= 4 is 0 Å². The first kappa shape index (κ1) is 8.86. The Balaban J connectivity index is 0.000000148. The van der Waals surface area contributed by atoms with Crippen molar-refractivity contribution in [1.82, 2.24) is 0 Å². The molecule has 56 valence electrons. The maximum atomic E-state index is 11.1. The topological polar surface area (TPSA) is 0 Å². The molecule has 0 amide bonds. The second-order valence-corrected chi connectivity index (χ2v) is 3.09. The second-order valence-electron chi connectivity index (χ2n) is 3.09. The van der Waals surface area contributed by atoms with Crippen molar-refractivity contribution < 1.29 is 8.78 Å². The van der Waals surface area contributed by atoms with Crippen LogP contribution < -0.4 is 0 Å². The highest BCUT2D eigenvalue weighted by atomic mass is 19.3. The fourth-order valence-electron chi connectivity index (χ4n) is 0.0945. The third-order valence-electron chi connectivity index (χ3n) is 0.628. The van der Waals surface area contributed by atoms with E-state index in [0.29, 0.717) is 0 Å². The SMILES string of the molecule is CC(C)C.FC1(F)CC1. The van der Waals surface area contributed by atoms with Crippen molar-refractivity contribution in [2.75, 3.05) is 0 Å². The van der Waals surface area contributed by atoms with Crippen LogP contribution in [0.4, 0.5) is 8.78 Å². The molecule has 0 unspecified atom stereocenters. The van der Waals surface area contributed by atoms with Crippen LogP contribution in [0.25, 0.3) is 0 Å². The summed E-state index contributed by atoms with van der Waals surface area (Å²) < 4.78 is 22.3. The van der Waals surface area contributed by atoms with Gasteiger partial charge in [0.2, 0.25) is 5.92 Å². The number of hydrogen-bond donors (Lipinski definition) is 0. The molecule has 1 aliphatic rings. The summed E-state index contributed by atoms with van der Waals surface area (Å²) in [7, 11) is 0. The minimum atomic E-state index is -2.25. The molecule has 0 spiro atoms. The molecule has 0 radical (unpaired) electrons. The fraction of sp³-hybridized carbons (Fsp3) is 1.00. The van der Waals surface area contributed by atoms with E-state index in [-0.39, 0.29) is 12.8 Å². The molecule has 0 bridgehead atoms. The standard InChI is InChI=1S/C4H10.C3H4F2/c1-4(2)3;4-3(5)1-2-3/h4H,1-3H3;1-2H2. The molecule has 0 aromatic carbocycles. The summed E-state index contributed by atoms with van der Waals surface area (Å²) in [6.45, 7) is 6.50. The number of hydrogen-bond acceptors (Lipinski definition) is 0. The van der Waals surface area contributed by atoms with Crippen LogP contribution in [0.2, 0.25) is 0 Å². The first-order valence-electron chi connectivity index (χ1n) is 3.32. The molecular formula is C7H14F2. The van der Waals surface area contributed by atoms with Crippen LogP contribution in [0.3, 0.4) is 0 Å². The molecule has 0 aliphatic heterocycles. The summed E-state index contributed by atoms with van der Waals surface area (Å²) >= 11 is 0. The van der Waals surface area contributed by atoms with E-state index >= 15 is 0 Å². The Bertz CT molecular complexity index is 68.2. The van der Waals surface area contributed by atoms with Crippen molar-refractivity contribution in [3.05, 3.63) is 0 Å². The van der Waals surface area contributed by atoms with Gasteiger partial charge >= 0.3 is 0 Å². The van der Waals surface area contributed by atoms with Gasteiger partial charge in [0.15, 0.2) is 0 Å². The maximum Gasteiger partial charge on any atom is 0.248 e. The zero-order valence-electron chi connectivity index (χ0n) is 6.25. The molecule has 0 aromatic rings. The van der Waals surface area contributed by atoms with Crippen molar-refractivity contribution in [1.29, 1.82) is 0 Å². The van der Waals surface area contributed by atoms with Crippen molar-refractivity contribution in [2.24, 2.45) is 5.92 Å². The van der Waals surface area contributed by atoms with Gasteiger partial charge in [-0.25, -0.2) is 8.78 Å². The Morgan fingerprint density at radius 2 is 1.22 bits per heavy atom. The monoisotopic (exact) mass is 136 g/mol. The van der Waals surface area contributed by atoms with Gasteiger partial charge in [0.25, 0.3) is 0 Å². The van der Waals surface area contributed by atoms with E-state index in [9.17, 15) is 8.78 Å². The van der Waals surface area contributed by atoms with E-state index in [2.05, 4.69) is 20.8 Å². The fourth-order valence-corrected chi connectivity index (χ4v) is 0.0945. The van der Waals surface area contributed by atoms with Crippen LogP contribution in [-0.2, 0) is 0 Å². The molecule has 1 saturated carbocycles. The third-order valence-corrected chi connectivity index (χ3v) is 0.628. The van der Waals surface area contributed by atoms with Crippen LogP contribution >= 0.6 is 0 Å². The molecule has 0 saturated heterocycles. The molecular weight excluding hydrogens is 122 g/mol. The molecule has 1 fully saturated rings. The van der Waals surface area contributed by atoms with Gasteiger partial charge in [-0.05, 0) is 5.92 Å². The zero-order valence-corrected chi connectivity index (χ0v) is 6.25. The minimum absolute atomic E-state index is 0.118. The lowest BCUT2D eigenvalue weighted by atomic mass is 10.3. The van der Waals surface area contributed by atoms with Gasteiger partial charge < -0.3 is 0 Å². The van der Waals surface area contributed by atoms with E-state index in [1.807, 2.05) is 0 Å². The summed E-state index contributed by atoms with van der Waals surface area (Å²) in [5.74, 6) is -1.42. The minimum Gasteiger partial charge on any atom is -0.207 e. The normalized spacial score (nSPS) is 20.7. The lowest BCUT2D eigenvalue weighted by molar-refractivity contribution is 0.120. The number of halogens is 2. The molecule has 1 rings (SSSR count). The average molecular weight is 136 g/mol. The van der Waals surface area contributed by atoms with Crippen molar-refractivity contribution in [3.8, 4) is 0 Å². The number of rotatable bonds is 0. The average Bonchev–Trinajstić information content (AvgIpc) is 2.16. The predicted octanol–water partition coefficient (Wildman–Crippen LogP) is 3.08. The van der Waals surface area contributed by atoms with Crippen LogP contribution in [0.15, 0.2) is 0 Å². The quantitative estimate of drug-likeness (QED) is 0.480. The highest BCUT2D eigenvalue weighted by Gasteiger charge is 2.43. The molecule has 2 heteroatoms. The highest BCUT2D eigenvalue weighted by Crippen LogP contribution is 2.40. The lowest BCUT2D eigenvalue weighted by Gasteiger charge is -1.79. The van der Waals surface area contributed by atoms with Crippen LogP contribution in [-0.4, -0.2) is 5.92 Å². The number of alkyl halides is 2. The first-order valence-corrected chi connectivity index (χ1v) is 3.32. The van der Waals surface area contributed by atoms with Gasteiger partial charge in [0.05, 0.1) is 0 Å². The Morgan fingerprint density at radius 1 is 1.11 bits per heavy atom. The summed E-state index contributed by atoms with van der Waals surface area (Å²) in [4.78, 5) is 0. The van der Waals surface area contributed by atoms with Gasteiger partial charge in [-0.3, -0.25) is 0 Å². The van der Waals surface area contributed by atoms with Gasteiger partial charge in [-0.15, -0.1) is 0 Å². The van der Waals surface area contributed by atoms with E-state index in [4.69, 9.17) is 0 Å². The second kappa shape index (κ2) is 3.14. The molecule has 9 heavy (non-hydrogen) atoms. The van der Waals surface area contributed by atoms with Gasteiger partial charge in [0.1, 0.15) is 0 Å². The van der Waals surface area contributed by atoms with Gasteiger partial charge in [0, 0.05) is 12.8 Å². The van der Waals surface area contributed by atoms with E-state index in [0.717, 1.165) is 5.92 Å². The zero-order chi connectivity index (χ0) is 7.49. The molecule has 0 nitrogen and oxygen atoms in total. The van der Waals surface area contributed by atoms with Crippen LogP contribution in [0, 0.1) is 5.92 Å². The van der Waals surface area contributed by atoms with E-state index < -0.39 is 5.92 Å². The summed E-state index contributed by atoms with van der Waals surface area (Å²) in [5.41, 5.74) is 0. The van der Waals surface area contributed by atoms with Gasteiger partial charge in [-0.1, -0.05) is 20.8 Å². The Labute approximate surface area is 55.3 Å². The van der Waals surface area contributed by atoms with Crippen LogP contribution in [0.5, 0.6) is 0 Å². The first-order chi connectivity index (χ1) is 3.94. The van der Waals surface area contributed by atoms with Crippen molar-refractivity contribution in [2.45, 2.75) is 39.5 Å². The third kappa shape index (κ3) is 11.4. The lowest BCUT2D eigenvalue weighted by Crippen LogP contribution is -1.79. The molecule has 1 aliphatic carbocycles. The summed E-state index contributed by atoms with van der Waals surface area (Å²) in [6.07, 6.45) is 0.236. The largest absolute Gasteiger partial charge is 0.248 e. The van der Waals surface area contributed by atoms with E-state index in [1.165, 1.54) is 0 Å². The Hall–Kier alpha value is -0.140. The summed E-state index contributed by atoms with van der Waals surface area (Å²) in [6, 6.07) is 0. The maximum absolute atomic E-state index is 11.1. The highest BCUT2D eigenvalue weighted by molar-refractivity contribution is 4.81. The van der Waals surface area contributed by atoms with E-state index in [1.54, 1.807) is 0 Å². The van der Waals surface area contributed by atoms with Gasteiger partial charge in [-0.2, -0.15) is 0 Å². The molecule has 0 aromatic heterocycles. The Kier molecular flexibility index (Phi) is 3.09. The molecule has 0 N–H and O–H groups in total. The smallest absolute Gasteiger partial charge is 0.207 e. The van der Waals surface area contributed by atoms with Crippen LogP contribution in [0.1, 0.15) is 33.6 Å². The molecule has 0 atom stereocenters. The van der Waals surface area contributed by atoms with Crippen molar-refractivity contribution in [3.63, 3.8) is 0 Å². The summed E-state index contributed by atoms with van der Waals surface area (Å²) in [5, 5.41) is 0.